The minimum absolute atomic E-state index is 0.0215. The minimum atomic E-state index is -4.66. The van der Waals surface area contributed by atoms with Gasteiger partial charge in [0, 0.05) is 18.0 Å². The zero-order valence-corrected chi connectivity index (χ0v) is 14.9. The standard InChI is InChI=1S/C19H18F4N4O/c20-12-9-24-16(19(21,22)23)5-11(12)14-6-15-13(1-4-27(15)26-14)25-17(28)10-7-18(8-10)2-3-18/h5-6,9-10,13H,1-4,7-8H2,(H,25,28)/t13-/m1/s1. The second-order valence-electron chi connectivity index (χ2n) is 8.18. The zero-order chi connectivity index (χ0) is 19.7. The molecule has 148 valence electrons. The van der Waals surface area contributed by atoms with Crippen molar-refractivity contribution in [2.24, 2.45) is 11.3 Å². The molecule has 2 fully saturated rings. The summed E-state index contributed by atoms with van der Waals surface area (Å²) in [5.74, 6) is -0.798. The van der Waals surface area contributed by atoms with Crippen molar-refractivity contribution in [3.05, 3.63) is 35.5 Å². The van der Waals surface area contributed by atoms with Crippen molar-refractivity contribution < 1.29 is 22.4 Å². The van der Waals surface area contributed by atoms with Gasteiger partial charge < -0.3 is 5.32 Å². The van der Waals surface area contributed by atoms with Crippen LogP contribution in [0, 0.1) is 17.2 Å². The molecule has 5 nitrogen and oxygen atoms in total. The predicted molar refractivity (Wildman–Crippen MR) is 90.3 cm³/mol. The molecule has 2 aromatic heterocycles. The monoisotopic (exact) mass is 394 g/mol. The number of aromatic nitrogens is 3. The van der Waals surface area contributed by atoms with Crippen molar-refractivity contribution in [2.45, 2.75) is 50.9 Å². The molecule has 0 radical (unpaired) electrons. The lowest BCUT2D eigenvalue weighted by Crippen LogP contribution is -2.40. The fraction of sp³-hybridized carbons (Fsp3) is 0.526. The molecule has 0 bridgehead atoms. The van der Waals surface area contributed by atoms with Crippen molar-refractivity contribution in [2.75, 3.05) is 0 Å². The molecule has 1 atom stereocenters. The lowest BCUT2D eigenvalue weighted by molar-refractivity contribution is -0.141. The highest BCUT2D eigenvalue weighted by molar-refractivity contribution is 5.80. The molecular weight excluding hydrogens is 376 g/mol. The highest BCUT2D eigenvalue weighted by Gasteiger charge is 2.55. The maximum absolute atomic E-state index is 14.1. The SMILES string of the molecule is O=C(N[C@@H]1CCn2nc(-c3cc(C(F)(F)F)ncc3F)cc21)C1CC2(CC2)C1. The number of nitrogens with zero attached hydrogens (tertiary/aromatic N) is 3. The number of rotatable bonds is 3. The summed E-state index contributed by atoms with van der Waals surface area (Å²) in [5, 5.41) is 7.28. The average Bonchev–Trinajstić information content (AvgIpc) is 3.17. The molecule has 1 N–H and O–H groups in total. The first-order valence-corrected chi connectivity index (χ1v) is 9.35. The molecule has 1 spiro atoms. The van der Waals surface area contributed by atoms with E-state index in [2.05, 4.69) is 15.4 Å². The van der Waals surface area contributed by atoms with E-state index in [1.54, 1.807) is 10.7 Å². The second-order valence-corrected chi connectivity index (χ2v) is 8.18. The van der Waals surface area contributed by atoms with Gasteiger partial charge in [0.2, 0.25) is 5.91 Å². The summed E-state index contributed by atoms with van der Waals surface area (Å²) in [6, 6.07) is 1.97. The lowest BCUT2D eigenvalue weighted by Gasteiger charge is -2.35. The van der Waals surface area contributed by atoms with Gasteiger partial charge in [-0.05, 0) is 49.7 Å². The molecule has 3 aliphatic rings. The van der Waals surface area contributed by atoms with Crippen LogP contribution < -0.4 is 5.32 Å². The lowest BCUT2D eigenvalue weighted by atomic mass is 9.71. The largest absolute Gasteiger partial charge is 0.433 e. The van der Waals surface area contributed by atoms with E-state index in [-0.39, 0.29) is 29.1 Å². The van der Waals surface area contributed by atoms with Crippen molar-refractivity contribution in [3.8, 4) is 11.3 Å². The topological polar surface area (TPSA) is 59.8 Å². The van der Waals surface area contributed by atoms with Crippen molar-refractivity contribution in [1.29, 1.82) is 0 Å². The Morgan fingerprint density at radius 1 is 1.25 bits per heavy atom. The maximum Gasteiger partial charge on any atom is 0.433 e. The fourth-order valence-corrected chi connectivity index (χ4v) is 4.40. The van der Waals surface area contributed by atoms with Crippen LogP contribution in [0.15, 0.2) is 18.3 Å². The summed E-state index contributed by atoms with van der Waals surface area (Å²) in [4.78, 5) is 15.6. The van der Waals surface area contributed by atoms with Gasteiger partial charge in [0.1, 0.15) is 5.69 Å². The molecular formula is C19H18F4N4O. The smallest absolute Gasteiger partial charge is 0.347 e. The predicted octanol–water partition coefficient (Wildman–Crippen LogP) is 3.85. The number of carbonyl (C=O) groups excluding carboxylic acids is 1. The summed E-state index contributed by atoms with van der Waals surface area (Å²) in [5.41, 5.74) is -0.180. The minimum Gasteiger partial charge on any atom is -0.347 e. The number of pyridine rings is 1. The highest BCUT2D eigenvalue weighted by atomic mass is 19.4. The van der Waals surface area contributed by atoms with Crippen LogP contribution in [-0.2, 0) is 17.5 Å². The van der Waals surface area contributed by atoms with E-state index in [9.17, 15) is 22.4 Å². The molecule has 1 aliphatic heterocycles. The van der Waals surface area contributed by atoms with Gasteiger partial charge in [0.05, 0.1) is 23.6 Å². The third-order valence-corrected chi connectivity index (χ3v) is 6.22. The number of fused-ring (bicyclic) bond motifs is 1. The first kappa shape index (κ1) is 17.6. The molecule has 9 heteroatoms. The van der Waals surface area contributed by atoms with Gasteiger partial charge in [-0.25, -0.2) is 9.37 Å². The number of amides is 1. The van der Waals surface area contributed by atoms with E-state index in [0.29, 0.717) is 36.3 Å². The van der Waals surface area contributed by atoms with E-state index in [0.717, 1.165) is 12.8 Å². The quantitative estimate of drug-likeness (QED) is 0.805. The zero-order valence-electron chi connectivity index (χ0n) is 14.9. The Morgan fingerprint density at radius 2 is 2.00 bits per heavy atom. The van der Waals surface area contributed by atoms with Crippen LogP contribution >= 0.6 is 0 Å². The normalized spacial score (nSPS) is 22.8. The van der Waals surface area contributed by atoms with E-state index in [1.165, 1.54) is 12.8 Å². The number of hydrogen-bond acceptors (Lipinski definition) is 3. The van der Waals surface area contributed by atoms with Gasteiger partial charge in [-0.15, -0.1) is 0 Å². The molecule has 0 aromatic carbocycles. The molecule has 1 amide bonds. The van der Waals surface area contributed by atoms with Crippen molar-refractivity contribution in [3.63, 3.8) is 0 Å². The third-order valence-electron chi connectivity index (χ3n) is 6.22. The fourth-order valence-electron chi connectivity index (χ4n) is 4.40. The summed E-state index contributed by atoms with van der Waals surface area (Å²) in [6.45, 7) is 0.522. The molecule has 2 aromatic rings. The van der Waals surface area contributed by atoms with E-state index < -0.39 is 17.7 Å². The first-order valence-electron chi connectivity index (χ1n) is 9.35. The molecule has 0 saturated heterocycles. The number of aryl methyl sites for hydroxylation is 1. The van der Waals surface area contributed by atoms with Crippen LogP contribution in [-0.4, -0.2) is 20.7 Å². The first-order chi connectivity index (χ1) is 13.2. The van der Waals surface area contributed by atoms with Gasteiger partial charge in [-0.3, -0.25) is 9.48 Å². The van der Waals surface area contributed by atoms with Gasteiger partial charge in [-0.1, -0.05) is 0 Å². The van der Waals surface area contributed by atoms with Gasteiger partial charge in [0.25, 0.3) is 0 Å². The summed E-state index contributed by atoms with van der Waals surface area (Å²) < 4.78 is 54.4. The number of carbonyl (C=O) groups is 1. The number of hydrogen-bond donors (Lipinski definition) is 1. The third kappa shape index (κ3) is 2.87. The summed E-state index contributed by atoms with van der Waals surface area (Å²) in [7, 11) is 0. The Morgan fingerprint density at radius 3 is 2.68 bits per heavy atom. The van der Waals surface area contributed by atoms with Crippen LogP contribution in [0.5, 0.6) is 0 Å². The summed E-state index contributed by atoms with van der Waals surface area (Å²) in [6.07, 6.45) is 0.882. The maximum atomic E-state index is 14.1. The van der Waals surface area contributed by atoms with Crippen molar-refractivity contribution in [1.82, 2.24) is 20.1 Å². The van der Waals surface area contributed by atoms with E-state index in [4.69, 9.17) is 0 Å². The van der Waals surface area contributed by atoms with Crippen LogP contribution in [0.1, 0.15) is 49.5 Å². The van der Waals surface area contributed by atoms with Crippen molar-refractivity contribution >= 4 is 5.91 Å². The van der Waals surface area contributed by atoms with Crippen LogP contribution in [0.25, 0.3) is 11.3 Å². The Labute approximate surface area is 158 Å². The number of nitrogens with one attached hydrogen (secondary N) is 1. The van der Waals surface area contributed by atoms with Crippen LogP contribution in [0.2, 0.25) is 0 Å². The molecule has 28 heavy (non-hydrogen) atoms. The van der Waals surface area contributed by atoms with E-state index >= 15 is 0 Å². The van der Waals surface area contributed by atoms with Crippen LogP contribution in [0.3, 0.4) is 0 Å². The van der Waals surface area contributed by atoms with E-state index in [1.807, 2.05) is 0 Å². The number of halogens is 4. The average molecular weight is 394 g/mol. The Hall–Kier alpha value is -2.45. The van der Waals surface area contributed by atoms with Gasteiger partial charge in [0.15, 0.2) is 5.82 Å². The molecule has 2 aliphatic carbocycles. The highest BCUT2D eigenvalue weighted by Crippen LogP contribution is 2.63. The Kier molecular flexibility index (Phi) is 3.64. The molecule has 0 unspecified atom stereocenters. The Balaban J connectivity index is 1.36. The molecule has 3 heterocycles. The molecule has 5 rings (SSSR count). The van der Waals surface area contributed by atoms with Gasteiger partial charge >= 0.3 is 6.18 Å². The number of alkyl halides is 3. The molecule has 2 saturated carbocycles. The summed E-state index contributed by atoms with van der Waals surface area (Å²) >= 11 is 0. The second kappa shape index (κ2) is 5.78. The Bertz CT molecular complexity index is 955. The van der Waals surface area contributed by atoms with Gasteiger partial charge in [-0.2, -0.15) is 18.3 Å². The van der Waals surface area contributed by atoms with Crippen LogP contribution in [0.4, 0.5) is 17.6 Å².